The Morgan fingerprint density at radius 3 is 1.43 bits per heavy atom. The van der Waals surface area contributed by atoms with Crippen molar-refractivity contribution in [2.24, 2.45) is 0 Å². The zero-order chi connectivity index (χ0) is 26.3. The lowest BCUT2D eigenvalue weighted by Crippen LogP contribution is -2.58. The normalized spacial score (nSPS) is 14.5. The first kappa shape index (κ1) is 34.8. The molecule has 0 fully saturated rings. The van der Waals surface area contributed by atoms with Gasteiger partial charge in [0, 0.05) is 12.8 Å². The Kier molecular flexibility index (Phi) is 22.8. The van der Waals surface area contributed by atoms with Gasteiger partial charge in [0.1, 0.15) is 0 Å². The van der Waals surface area contributed by atoms with Crippen LogP contribution in [-0.4, -0.2) is 30.4 Å². The van der Waals surface area contributed by atoms with E-state index in [2.05, 4.69) is 47.0 Å². The zero-order valence-corrected chi connectivity index (χ0v) is 25.5. The van der Waals surface area contributed by atoms with Crippen LogP contribution in [0.5, 0.6) is 0 Å². The Balaban J connectivity index is 3.75. The summed E-state index contributed by atoms with van der Waals surface area (Å²) in [7, 11) is 1.81. The molecule has 3 nitrogen and oxygen atoms in total. The van der Waals surface area contributed by atoms with Crippen LogP contribution < -0.4 is 4.89 Å². The predicted molar refractivity (Wildman–Crippen MR) is 155 cm³/mol. The molecule has 0 radical (unpaired) electrons. The van der Waals surface area contributed by atoms with Gasteiger partial charge in [-0.05, 0) is 44.9 Å². The van der Waals surface area contributed by atoms with E-state index in [1.54, 1.807) is 0 Å². The van der Waals surface area contributed by atoms with Crippen LogP contribution in [0.1, 0.15) is 162 Å². The van der Waals surface area contributed by atoms with E-state index in [0.717, 1.165) is 38.6 Å². The molecule has 0 heterocycles. The van der Waals surface area contributed by atoms with Gasteiger partial charge in [0.15, 0.2) is 0 Å². The number of nitrogens with zero attached hydrogens (tertiary/aromatic N) is 1. The number of allylic oxidation sites excluding steroid dienone is 2. The first-order valence-corrected chi connectivity index (χ1v) is 16.7. The third kappa shape index (κ3) is 16.3. The van der Waals surface area contributed by atoms with Gasteiger partial charge in [-0.1, -0.05) is 121 Å². The highest BCUT2D eigenvalue weighted by atomic mass is 31.1. The second-order valence-corrected chi connectivity index (χ2v) is 12.8. The molecule has 0 aliphatic heterocycles. The Hall–Kier alpha value is -0.240. The topological polar surface area (TPSA) is 40.1 Å². The van der Waals surface area contributed by atoms with Crippen molar-refractivity contribution >= 4 is 8.03 Å². The predicted octanol–water partition coefficient (Wildman–Crippen LogP) is 10.1. The molecule has 0 aromatic heterocycles. The zero-order valence-electron chi connectivity index (χ0n) is 24.6. The molecular formula is C31H63NO2P+. The van der Waals surface area contributed by atoms with Crippen LogP contribution in [0, 0.1) is 0 Å². The molecule has 2 unspecified atom stereocenters. The molecule has 0 spiro atoms. The lowest BCUT2D eigenvalue weighted by molar-refractivity contribution is -0.928. The van der Waals surface area contributed by atoms with E-state index in [1.807, 2.05) is 0 Å². The molecule has 0 N–H and O–H groups in total. The van der Waals surface area contributed by atoms with Crippen LogP contribution >= 0.6 is 8.03 Å². The highest BCUT2D eigenvalue weighted by molar-refractivity contribution is 7.38. The molecule has 2 atom stereocenters. The second kappa shape index (κ2) is 22.9. The van der Waals surface area contributed by atoms with E-state index in [9.17, 15) is 9.46 Å². The maximum atomic E-state index is 12.4. The summed E-state index contributed by atoms with van der Waals surface area (Å²) in [6, 6.07) is 0. The van der Waals surface area contributed by atoms with Crippen LogP contribution in [0.25, 0.3) is 0 Å². The molecule has 0 aromatic carbocycles. The Bertz CT molecular complexity index is 520. The Morgan fingerprint density at radius 2 is 1.03 bits per heavy atom. The first-order chi connectivity index (χ1) is 16.9. The van der Waals surface area contributed by atoms with Crippen LogP contribution in [0.3, 0.4) is 0 Å². The summed E-state index contributed by atoms with van der Waals surface area (Å²) in [4.78, 5) is 12.4. The average molecular weight is 513 g/mol. The van der Waals surface area contributed by atoms with Gasteiger partial charge in [0.2, 0.25) is 0 Å². The van der Waals surface area contributed by atoms with Gasteiger partial charge in [-0.3, -0.25) is 4.48 Å². The van der Waals surface area contributed by atoms with E-state index in [0.29, 0.717) is 4.48 Å². The standard InChI is InChI=1S/C31H63NO2P/c1-6-9-10-11-12-13-14-15-16-17-18-19-20-21-22-23-24-25-26-27-29-31(28-7-2,35(33)34)32(4,5)30-8-3/h15-16H,6-14,17-30H2,1-5H3/q+1. The van der Waals surface area contributed by atoms with Crippen LogP contribution in [-0.2, 0) is 4.57 Å². The van der Waals surface area contributed by atoms with E-state index < -0.39 is 13.3 Å². The van der Waals surface area contributed by atoms with Crippen molar-refractivity contribution in [3.63, 3.8) is 0 Å². The van der Waals surface area contributed by atoms with Crippen molar-refractivity contribution in [3.05, 3.63) is 12.2 Å². The lowest BCUT2D eigenvalue weighted by Gasteiger charge is -2.42. The van der Waals surface area contributed by atoms with E-state index in [1.165, 1.54) is 109 Å². The monoisotopic (exact) mass is 512 g/mol. The maximum Gasteiger partial charge on any atom is 0.376 e. The molecule has 0 saturated carbocycles. The summed E-state index contributed by atoms with van der Waals surface area (Å²) in [5, 5.41) is -0.580. The van der Waals surface area contributed by atoms with Crippen molar-refractivity contribution in [1.82, 2.24) is 0 Å². The third-order valence-corrected chi connectivity index (χ3v) is 9.66. The van der Waals surface area contributed by atoms with Gasteiger partial charge >= 0.3 is 8.03 Å². The van der Waals surface area contributed by atoms with E-state index in [4.69, 9.17) is 0 Å². The third-order valence-electron chi connectivity index (χ3n) is 7.99. The fourth-order valence-electron chi connectivity index (χ4n) is 5.66. The highest BCUT2D eigenvalue weighted by Gasteiger charge is 2.55. The van der Waals surface area contributed by atoms with E-state index >= 15 is 0 Å². The highest BCUT2D eigenvalue weighted by Crippen LogP contribution is 2.47. The van der Waals surface area contributed by atoms with Crippen molar-refractivity contribution in [3.8, 4) is 0 Å². The largest absolute Gasteiger partial charge is 0.590 e. The lowest BCUT2D eigenvalue weighted by atomic mass is 9.98. The summed E-state index contributed by atoms with van der Waals surface area (Å²) in [5.74, 6) is 0. The maximum absolute atomic E-state index is 12.4. The number of hydrogen-bond acceptors (Lipinski definition) is 2. The number of rotatable bonds is 26. The first-order valence-electron chi connectivity index (χ1n) is 15.5. The minimum atomic E-state index is -2.43. The Labute approximate surface area is 222 Å². The van der Waals surface area contributed by atoms with Gasteiger partial charge in [-0.15, -0.1) is 0 Å². The van der Waals surface area contributed by atoms with Crippen molar-refractivity contribution in [1.29, 1.82) is 0 Å². The van der Waals surface area contributed by atoms with Crippen LogP contribution in [0.15, 0.2) is 12.2 Å². The molecule has 0 aliphatic carbocycles. The molecule has 0 amide bonds. The number of quaternary nitrogens is 1. The fourth-order valence-corrected chi connectivity index (χ4v) is 6.95. The molecule has 4 heteroatoms. The molecule has 0 rings (SSSR count). The summed E-state index contributed by atoms with van der Waals surface area (Å²) < 4.78 is 13.0. The summed E-state index contributed by atoms with van der Waals surface area (Å²) in [6.07, 6.45) is 32.2. The molecule has 0 aromatic rings. The van der Waals surface area contributed by atoms with Crippen LogP contribution in [0.4, 0.5) is 0 Å². The molecular weight excluding hydrogens is 449 g/mol. The molecule has 208 valence electrons. The van der Waals surface area contributed by atoms with Gasteiger partial charge in [-0.2, -0.15) is 0 Å². The van der Waals surface area contributed by atoms with Gasteiger partial charge in [-0.25, -0.2) is 0 Å². The van der Waals surface area contributed by atoms with Gasteiger partial charge in [0.05, 0.1) is 20.6 Å². The fraction of sp³-hybridized carbons (Fsp3) is 0.935. The van der Waals surface area contributed by atoms with Crippen molar-refractivity contribution in [2.75, 3.05) is 20.6 Å². The minimum absolute atomic E-state index is 0.580. The molecule has 0 saturated heterocycles. The van der Waals surface area contributed by atoms with Crippen molar-refractivity contribution < 1.29 is 13.9 Å². The van der Waals surface area contributed by atoms with E-state index in [-0.39, 0.29) is 0 Å². The molecule has 0 aliphatic rings. The second-order valence-electron chi connectivity index (χ2n) is 11.5. The SMILES string of the molecule is CCCCCCCCC=CCCCCCCCCCCCCC(CCC)([P+](=O)[O-])[N+](C)(C)CCC. The average Bonchev–Trinajstić information content (AvgIpc) is 2.81. The minimum Gasteiger partial charge on any atom is -0.590 e. The summed E-state index contributed by atoms with van der Waals surface area (Å²) >= 11 is 0. The summed E-state index contributed by atoms with van der Waals surface area (Å²) in [5.41, 5.74) is 0. The Morgan fingerprint density at radius 1 is 0.600 bits per heavy atom. The van der Waals surface area contributed by atoms with Gasteiger partial charge in [0.25, 0.3) is 5.28 Å². The summed E-state index contributed by atoms with van der Waals surface area (Å²) in [6.45, 7) is 7.48. The molecule has 0 bridgehead atoms. The van der Waals surface area contributed by atoms with Crippen molar-refractivity contribution in [2.45, 2.75) is 167 Å². The number of unbranched alkanes of at least 4 members (excludes halogenated alkanes) is 16. The van der Waals surface area contributed by atoms with Gasteiger partial charge < -0.3 is 4.89 Å². The quantitative estimate of drug-likeness (QED) is 0.0500. The number of hydrogen-bond donors (Lipinski definition) is 0. The molecule has 35 heavy (non-hydrogen) atoms. The van der Waals surface area contributed by atoms with Crippen LogP contribution in [0.2, 0.25) is 0 Å². The smallest absolute Gasteiger partial charge is 0.376 e.